The molecular weight excluding hydrogens is 481 g/mol. The fourth-order valence-corrected chi connectivity index (χ4v) is 5.34. The van der Waals surface area contributed by atoms with Crippen LogP contribution in [0.2, 0.25) is 10.0 Å². The number of benzene rings is 1. The van der Waals surface area contributed by atoms with Gasteiger partial charge < -0.3 is 5.32 Å². The van der Waals surface area contributed by atoms with Gasteiger partial charge in [0, 0.05) is 29.6 Å². The Balaban J connectivity index is 1.54. The van der Waals surface area contributed by atoms with Crippen molar-refractivity contribution in [1.82, 2.24) is 19.3 Å². The molecule has 1 saturated heterocycles. The van der Waals surface area contributed by atoms with Crippen molar-refractivity contribution in [3.8, 4) is 23.1 Å². The van der Waals surface area contributed by atoms with Gasteiger partial charge in [-0.3, -0.25) is 14.1 Å². The van der Waals surface area contributed by atoms with Crippen molar-refractivity contribution in [2.45, 2.75) is 25.8 Å². The third-order valence-electron chi connectivity index (χ3n) is 6.26. The van der Waals surface area contributed by atoms with Crippen LogP contribution >= 0.6 is 23.2 Å². The molecule has 0 bridgehead atoms. The van der Waals surface area contributed by atoms with E-state index in [1.165, 1.54) is 5.56 Å². The molecule has 1 fully saturated rings. The number of aromatic nitrogens is 3. The van der Waals surface area contributed by atoms with Crippen LogP contribution in [0.5, 0.6) is 0 Å². The van der Waals surface area contributed by atoms with Crippen LogP contribution in [0.1, 0.15) is 41.7 Å². The monoisotopic (exact) mass is 503 g/mol. The van der Waals surface area contributed by atoms with E-state index in [9.17, 15) is 4.79 Å². The van der Waals surface area contributed by atoms with Gasteiger partial charge in [0.05, 0.1) is 34.1 Å². The topological polar surface area (TPSA) is 62.5 Å². The maximum Gasteiger partial charge on any atom is 0.256 e. The molecule has 1 aliphatic rings. The lowest BCUT2D eigenvalue weighted by Gasteiger charge is -2.21. The van der Waals surface area contributed by atoms with Gasteiger partial charge in [0.1, 0.15) is 5.82 Å². The highest BCUT2D eigenvalue weighted by atomic mass is 35.5. The number of carbonyl (C=O) groups is 1. The molecule has 8 heteroatoms. The van der Waals surface area contributed by atoms with E-state index in [-0.39, 0.29) is 11.9 Å². The summed E-state index contributed by atoms with van der Waals surface area (Å²) in [5, 5.41) is 3.54. The van der Waals surface area contributed by atoms with Gasteiger partial charge >= 0.3 is 0 Å². The Kier molecular flexibility index (Phi) is 6.74. The summed E-state index contributed by atoms with van der Waals surface area (Å²) in [7, 11) is 0. The lowest BCUT2D eigenvalue weighted by molar-refractivity contribution is 0.102. The first-order valence-electron chi connectivity index (χ1n) is 11.4. The predicted molar refractivity (Wildman–Crippen MR) is 140 cm³/mol. The molecule has 4 aromatic rings. The second-order valence-electron chi connectivity index (χ2n) is 8.36. The van der Waals surface area contributed by atoms with E-state index in [2.05, 4.69) is 38.1 Å². The van der Waals surface area contributed by atoms with E-state index >= 15 is 0 Å². The fourth-order valence-electron chi connectivity index (χ4n) is 4.66. The lowest BCUT2D eigenvalue weighted by Crippen LogP contribution is -2.23. The van der Waals surface area contributed by atoms with E-state index < -0.39 is 0 Å². The molecule has 1 N–H and O–H groups in total. The second kappa shape index (κ2) is 10.1. The number of amides is 1. The third-order valence-corrected chi connectivity index (χ3v) is 6.85. The Morgan fingerprint density at radius 2 is 2.00 bits per heavy atom. The lowest BCUT2D eigenvalue weighted by atomic mass is 10.0. The van der Waals surface area contributed by atoms with Gasteiger partial charge in [-0.15, -0.1) is 5.92 Å². The molecule has 0 radical (unpaired) electrons. The normalized spacial score (nSPS) is 15.7. The molecule has 3 aromatic heterocycles. The van der Waals surface area contributed by atoms with Gasteiger partial charge in [-0.2, -0.15) is 0 Å². The highest BCUT2D eigenvalue weighted by Crippen LogP contribution is 2.42. The van der Waals surface area contributed by atoms with Crippen molar-refractivity contribution >= 4 is 40.4 Å². The van der Waals surface area contributed by atoms with Crippen molar-refractivity contribution in [2.24, 2.45) is 0 Å². The minimum atomic E-state index is -0.333. The van der Waals surface area contributed by atoms with Crippen LogP contribution < -0.4 is 5.32 Å². The SMILES string of the molecule is CC#CCN1CCCC1c1cc(-c2c(Cl)cc(C(=O)Nc3ccccn3)cc2Cl)n2cnccc12. The van der Waals surface area contributed by atoms with Crippen molar-refractivity contribution < 1.29 is 4.79 Å². The predicted octanol–water partition coefficient (Wildman–Crippen LogP) is 6.12. The molecule has 176 valence electrons. The van der Waals surface area contributed by atoms with Gasteiger partial charge in [0.15, 0.2) is 0 Å². The Bertz CT molecular complexity index is 1430. The average molecular weight is 504 g/mol. The molecular formula is C27H23Cl2N5O. The average Bonchev–Trinajstić information content (AvgIpc) is 3.47. The number of fused-ring (bicyclic) bond motifs is 1. The maximum absolute atomic E-state index is 12.8. The highest BCUT2D eigenvalue weighted by molar-refractivity contribution is 6.39. The number of pyridine rings is 1. The zero-order chi connectivity index (χ0) is 24.4. The number of hydrogen-bond acceptors (Lipinski definition) is 4. The van der Waals surface area contributed by atoms with Gasteiger partial charge in [-0.05, 0) is 68.3 Å². The first kappa shape index (κ1) is 23.4. The number of carbonyl (C=O) groups excluding carboxylic acids is 1. The van der Waals surface area contributed by atoms with Crippen LogP contribution in [0.4, 0.5) is 5.82 Å². The number of halogens is 2. The Morgan fingerprint density at radius 1 is 1.17 bits per heavy atom. The largest absolute Gasteiger partial charge is 0.307 e. The summed E-state index contributed by atoms with van der Waals surface area (Å²) in [4.78, 5) is 23.6. The Labute approximate surface area is 213 Å². The van der Waals surface area contributed by atoms with Crippen LogP contribution in [-0.2, 0) is 0 Å². The van der Waals surface area contributed by atoms with Crippen LogP contribution in [-0.4, -0.2) is 38.3 Å². The number of nitrogens with zero attached hydrogens (tertiary/aromatic N) is 4. The molecule has 0 saturated carbocycles. The van der Waals surface area contributed by atoms with E-state index in [4.69, 9.17) is 23.2 Å². The number of hydrogen-bond donors (Lipinski definition) is 1. The molecule has 1 atom stereocenters. The quantitative estimate of drug-likeness (QED) is 0.333. The highest BCUT2D eigenvalue weighted by Gasteiger charge is 2.29. The maximum atomic E-state index is 12.8. The molecule has 0 aliphatic carbocycles. The summed E-state index contributed by atoms with van der Waals surface area (Å²) in [5.74, 6) is 6.32. The van der Waals surface area contributed by atoms with Crippen molar-refractivity contribution in [1.29, 1.82) is 0 Å². The zero-order valence-electron chi connectivity index (χ0n) is 19.1. The molecule has 6 nitrogen and oxygen atoms in total. The molecule has 1 amide bonds. The summed E-state index contributed by atoms with van der Waals surface area (Å²) >= 11 is 13.5. The van der Waals surface area contributed by atoms with Crippen molar-refractivity contribution in [3.63, 3.8) is 0 Å². The third kappa shape index (κ3) is 4.63. The minimum absolute atomic E-state index is 0.253. The molecule has 1 unspecified atom stereocenters. The van der Waals surface area contributed by atoms with Gasteiger partial charge in [-0.1, -0.05) is 35.2 Å². The van der Waals surface area contributed by atoms with E-state index in [1.54, 1.807) is 49.1 Å². The first-order valence-corrected chi connectivity index (χ1v) is 12.1. The second-order valence-corrected chi connectivity index (χ2v) is 9.17. The first-order chi connectivity index (χ1) is 17.1. The van der Waals surface area contributed by atoms with Crippen LogP contribution in [0.25, 0.3) is 16.8 Å². The molecule has 4 heterocycles. The van der Waals surface area contributed by atoms with Crippen LogP contribution in [0.3, 0.4) is 0 Å². The van der Waals surface area contributed by atoms with E-state index in [0.717, 1.165) is 37.1 Å². The van der Waals surface area contributed by atoms with Crippen molar-refractivity contribution in [3.05, 3.63) is 82.4 Å². The fraction of sp³-hybridized carbons (Fsp3) is 0.222. The standard InChI is InChI=1S/C27H23Cl2N5O/c1-2-3-12-33-13-6-7-22(33)19-16-24(34-17-30-11-9-23(19)34)26-20(28)14-18(15-21(26)29)27(35)32-25-8-4-5-10-31-25/h4-5,8-11,14-17,22H,6-7,12-13H2,1H3,(H,31,32,35). The Morgan fingerprint density at radius 3 is 2.74 bits per heavy atom. The minimum Gasteiger partial charge on any atom is -0.307 e. The Hall–Kier alpha value is -3.37. The summed E-state index contributed by atoms with van der Waals surface area (Å²) in [6.45, 7) is 3.62. The molecule has 0 spiro atoms. The van der Waals surface area contributed by atoms with Gasteiger partial charge in [-0.25, -0.2) is 9.97 Å². The molecule has 1 aliphatic heterocycles. The van der Waals surface area contributed by atoms with Crippen LogP contribution in [0.15, 0.2) is 61.2 Å². The summed E-state index contributed by atoms with van der Waals surface area (Å²) in [6, 6.07) is 13.0. The summed E-state index contributed by atoms with van der Waals surface area (Å²) in [6.07, 6.45) is 7.36. The van der Waals surface area contributed by atoms with E-state index in [0.29, 0.717) is 27.0 Å². The number of rotatable bonds is 5. The zero-order valence-corrected chi connectivity index (χ0v) is 20.6. The smallest absolute Gasteiger partial charge is 0.256 e. The van der Waals surface area contributed by atoms with Crippen molar-refractivity contribution in [2.75, 3.05) is 18.4 Å². The van der Waals surface area contributed by atoms with Gasteiger partial charge in [0.2, 0.25) is 0 Å². The number of nitrogens with one attached hydrogen (secondary N) is 1. The summed E-state index contributed by atoms with van der Waals surface area (Å²) < 4.78 is 2.01. The molecule has 35 heavy (non-hydrogen) atoms. The molecule has 1 aromatic carbocycles. The number of likely N-dealkylation sites (tertiary alicyclic amines) is 1. The number of anilines is 1. The summed E-state index contributed by atoms with van der Waals surface area (Å²) in [5.41, 5.74) is 4.11. The molecule has 5 rings (SSSR count). The van der Waals surface area contributed by atoms with Crippen LogP contribution in [0, 0.1) is 11.8 Å². The van der Waals surface area contributed by atoms with Gasteiger partial charge in [0.25, 0.3) is 5.91 Å². The van der Waals surface area contributed by atoms with E-state index in [1.807, 2.05) is 17.4 Å².